The molecule has 3 rings (SSSR count). The molecule has 0 bridgehead atoms. The minimum atomic E-state index is -1.08. The Morgan fingerprint density at radius 3 is 2.36 bits per heavy atom. The molecule has 0 saturated carbocycles. The molecule has 12 heteroatoms. The molecule has 2 aromatic rings. The van der Waals surface area contributed by atoms with Gasteiger partial charge in [-0.15, -0.1) is 12.4 Å². The van der Waals surface area contributed by atoms with Crippen LogP contribution >= 0.6 is 12.4 Å². The largest absolute Gasteiger partial charge is 0.497 e. The Hall–Kier alpha value is -3.67. The van der Waals surface area contributed by atoms with Crippen molar-refractivity contribution in [2.45, 2.75) is 76.6 Å². The van der Waals surface area contributed by atoms with E-state index in [9.17, 15) is 24.3 Å². The van der Waals surface area contributed by atoms with Crippen molar-refractivity contribution < 1.29 is 33.8 Å². The summed E-state index contributed by atoms with van der Waals surface area (Å²) in [6.07, 6.45) is 1.90. The van der Waals surface area contributed by atoms with Gasteiger partial charge in [-0.05, 0) is 62.3 Å². The van der Waals surface area contributed by atoms with E-state index in [-0.39, 0.29) is 44.3 Å². The summed E-state index contributed by atoms with van der Waals surface area (Å²) in [5.41, 5.74) is 1.88. The fraction of sp³-hybridized carbons (Fsp3) is 0.515. The number of aliphatic hydroxyl groups excluding tert-OH is 1. The van der Waals surface area contributed by atoms with Crippen LogP contribution in [0.1, 0.15) is 56.6 Å². The Morgan fingerprint density at radius 2 is 1.67 bits per heavy atom. The lowest BCUT2D eigenvalue weighted by Crippen LogP contribution is -2.55. The Balaban J connectivity index is 0.00000705. The van der Waals surface area contributed by atoms with Crippen molar-refractivity contribution in [1.82, 2.24) is 20.9 Å². The van der Waals surface area contributed by atoms with E-state index in [2.05, 4.69) is 16.0 Å². The summed E-state index contributed by atoms with van der Waals surface area (Å²) in [7, 11) is 1.60. The average Bonchev–Trinajstić information content (AvgIpc) is 3.03. The molecule has 1 fully saturated rings. The number of halogens is 1. The average molecular weight is 647 g/mol. The van der Waals surface area contributed by atoms with E-state index < -0.39 is 42.4 Å². The number of hydrogen-bond acceptors (Lipinski definition) is 8. The van der Waals surface area contributed by atoms with Crippen molar-refractivity contribution in [3.63, 3.8) is 0 Å². The van der Waals surface area contributed by atoms with Gasteiger partial charge in [-0.1, -0.05) is 42.5 Å². The predicted molar refractivity (Wildman–Crippen MR) is 173 cm³/mol. The Morgan fingerprint density at radius 1 is 0.956 bits per heavy atom. The van der Waals surface area contributed by atoms with E-state index in [0.717, 1.165) is 36.1 Å². The Bertz CT molecular complexity index is 1210. The monoisotopic (exact) mass is 646 g/mol. The van der Waals surface area contributed by atoms with Gasteiger partial charge >= 0.3 is 5.97 Å². The number of nitrogens with zero attached hydrogens (tertiary/aromatic N) is 1. The number of esters is 1. The van der Waals surface area contributed by atoms with Crippen molar-refractivity contribution >= 4 is 36.1 Å². The van der Waals surface area contributed by atoms with Crippen molar-refractivity contribution in [3.05, 3.63) is 65.7 Å². The van der Waals surface area contributed by atoms with Crippen LogP contribution in [-0.4, -0.2) is 85.2 Å². The number of carbonyl (C=O) groups excluding carboxylic acids is 4. The van der Waals surface area contributed by atoms with Crippen LogP contribution in [0.5, 0.6) is 5.75 Å². The molecule has 4 N–H and O–H groups in total. The second-order valence-corrected chi connectivity index (χ2v) is 10.9. The second kappa shape index (κ2) is 20.4. The number of piperidine rings is 1. The van der Waals surface area contributed by atoms with Gasteiger partial charge in [-0.25, -0.2) is 0 Å². The van der Waals surface area contributed by atoms with Crippen LogP contribution in [0.3, 0.4) is 0 Å². The molecular weight excluding hydrogens is 600 g/mol. The highest BCUT2D eigenvalue weighted by Crippen LogP contribution is 2.14. The minimum Gasteiger partial charge on any atom is -0.497 e. The van der Waals surface area contributed by atoms with Crippen molar-refractivity contribution in [1.29, 1.82) is 0 Å². The van der Waals surface area contributed by atoms with E-state index in [4.69, 9.17) is 9.47 Å². The van der Waals surface area contributed by atoms with Gasteiger partial charge in [0.25, 0.3) is 0 Å². The molecule has 0 unspecified atom stereocenters. The number of nitrogens with one attached hydrogen (secondary N) is 3. The van der Waals surface area contributed by atoms with Gasteiger partial charge in [0.1, 0.15) is 18.2 Å². The van der Waals surface area contributed by atoms with E-state index in [1.165, 1.54) is 0 Å². The summed E-state index contributed by atoms with van der Waals surface area (Å²) in [4.78, 5) is 52.9. The molecule has 45 heavy (non-hydrogen) atoms. The van der Waals surface area contributed by atoms with Gasteiger partial charge in [0.2, 0.25) is 17.7 Å². The number of hydrogen-bond donors (Lipinski definition) is 4. The summed E-state index contributed by atoms with van der Waals surface area (Å²) in [6, 6.07) is 15.3. The number of benzene rings is 2. The maximum Gasteiger partial charge on any atom is 0.315 e. The molecule has 1 aliphatic heterocycles. The number of ether oxygens (including phenoxy) is 2. The smallest absolute Gasteiger partial charge is 0.315 e. The van der Waals surface area contributed by atoms with Crippen molar-refractivity contribution in [2.75, 3.05) is 33.4 Å². The number of carbonyl (C=O) groups is 4. The SMILES string of the molecule is CCOC(=O)CC(=O)N[C@H](CCC(=O)N1CCCCC1)C(=O)N[C@@H](Cc1ccccc1)[C@H](O)CNCc1cccc(OC)c1.Cl. The zero-order valence-corrected chi connectivity index (χ0v) is 27.0. The van der Waals surface area contributed by atoms with E-state index in [0.29, 0.717) is 26.1 Å². The first-order chi connectivity index (χ1) is 21.3. The van der Waals surface area contributed by atoms with Crippen LogP contribution in [-0.2, 0) is 36.9 Å². The topological polar surface area (TPSA) is 146 Å². The summed E-state index contributed by atoms with van der Waals surface area (Å²) in [5.74, 6) is -1.26. The third-order valence-corrected chi connectivity index (χ3v) is 7.52. The molecular formula is C33H47ClN4O7. The van der Waals surface area contributed by atoms with Crippen LogP contribution in [0.4, 0.5) is 0 Å². The molecule has 1 aliphatic rings. The number of aliphatic hydroxyl groups is 1. The Kier molecular flexibility index (Phi) is 17.0. The predicted octanol–water partition coefficient (Wildman–Crippen LogP) is 2.53. The summed E-state index contributed by atoms with van der Waals surface area (Å²) < 4.78 is 10.1. The molecule has 1 heterocycles. The van der Waals surface area contributed by atoms with Crippen LogP contribution in [0.2, 0.25) is 0 Å². The highest BCUT2D eigenvalue weighted by molar-refractivity contribution is 5.97. The minimum absolute atomic E-state index is 0. The van der Waals surface area contributed by atoms with Crippen molar-refractivity contribution in [3.8, 4) is 5.75 Å². The van der Waals surface area contributed by atoms with Crippen LogP contribution < -0.4 is 20.7 Å². The fourth-order valence-corrected chi connectivity index (χ4v) is 5.15. The van der Waals surface area contributed by atoms with Gasteiger partial charge in [0, 0.05) is 32.6 Å². The number of methoxy groups -OCH3 is 1. The summed E-state index contributed by atoms with van der Waals surface area (Å²) in [5, 5.41) is 20.0. The van der Waals surface area contributed by atoms with Gasteiger partial charge in [0.15, 0.2) is 0 Å². The van der Waals surface area contributed by atoms with Crippen molar-refractivity contribution in [2.24, 2.45) is 0 Å². The van der Waals surface area contributed by atoms with Gasteiger partial charge in [-0.3, -0.25) is 19.2 Å². The third-order valence-electron chi connectivity index (χ3n) is 7.52. The van der Waals surface area contributed by atoms with Crippen LogP contribution in [0, 0.1) is 0 Å². The molecule has 1 saturated heterocycles. The summed E-state index contributed by atoms with van der Waals surface area (Å²) >= 11 is 0. The molecule has 3 amide bonds. The highest BCUT2D eigenvalue weighted by atomic mass is 35.5. The molecule has 11 nitrogen and oxygen atoms in total. The first-order valence-corrected chi connectivity index (χ1v) is 15.4. The molecule has 0 spiro atoms. The van der Waals surface area contributed by atoms with E-state index in [1.807, 2.05) is 54.6 Å². The second-order valence-electron chi connectivity index (χ2n) is 10.9. The highest BCUT2D eigenvalue weighted by Gasteiger charge is 2.29. The molecule has 0 aromatic heterocycles. The first-order valence-electron chi connectivity index (χ1n) is 15.4. The van der Waals surface area contributed by atoms with Crippen LogP contribution in [0.15, 0.2) is 54.6 Å². The Labute approximate surface area is 271 Å². The van der Waals surface area contributed by atoms with Gasteiger partial charge in [0.05, 0.1) is 25.9 Å². The quantitative estimate of drug-likeness (QED) is 0.152. The fourth-order valence-electron chi connectivity index (χ4n) is 5.15. The zero-order chi connectivity index (χ0) is 31.7. The standard InChI is InChI=1S/C33H46N4O7.ClH/c1-3-44-32(41)21-30(39)35-27(15-16-31(40)37-17-8-5-9-18-37)33(42)36-28(20-24-11-6-4-7-12-24)29(38)23-34-22-25-13-10-14-26(19-25)43-2;/h4,6-7,10-14,19,27-29,34,38H,3,5,8-9,15-18,20-23H2,1-2H3,(H,35,39)(H,36,42);1H/t27-,28+,29-;/m1./s1. The lowest BCUT2D eigenvalue weighted by Gasteiger charge is -2.29. The zero-order valence-electron chi connectivity index (χ0n) is 26.2. The molecule has 2 aromatic carbocycles. The summed E-state index contributed by atoms with van der Waals surface area (Å²) in [6.45, 7) is 3.79. The van der Waals surface area contributed by atoms with E-state index >= 15 is 0 Å². The number of rotatable bonds is 17. The van der Waals surface area contributed by atoms with Gasteiger partial charge < -0.3 is 35.4 Å². The molecule has 0 aliphatic carbocycles. The lowest BCUT2D eigenvalue weighted by molar-refractivity contribution is -0.147. The number of amides is 3. The van der Waals surface area contributed by atoms with Gasteiger partial charge in [-0.2, -0.15) is 0 Å². The maximum absolute atomic E-state index is 13.6. The number of likely N-dealkylation sites (tertiary alicyclic amines) is 1. The normalized spacial score (nSPS) is 14.7. The van der Waals surface area contributed by atoms with E-state index in [1.54, 1.807) is 18.9 Å². The third kappa shape index (κ3) is 13.5. The first kappa shape index (κ1) is 37.5. The lowest BCUT2D eigenvalue weighted by atomic mass is 9.99. The molecule has 0 radical (unpaired) electrons. The molecule has 248 valence electrons. The maximum atomic E-state index is 13.6. The van der Waals surface area contributed by atoms with Crippen LogP contribution in [0.25, 0.3) is 0 Å². The molecule has 3 atom stereocenters.